The number of pyridine rings is 1. The van der Waals surface area contributed by atoms with E-state index in [1.165, 1.54) is 18.5 Å². The van der Waals surface area contributed by atoms with Gasteiger partial charge in [-0.05, 0) is 12.1 Å². The molecule has 1 aromatic heterocycles. The molecule has 0 atom stereocenters. The molecule has 0 aliphatic rings. The Labute approximate surface area is 52.0 Å². The summed E-state index contributed by atoms with van der Waals surface area (Å²) in [7, 11) is 0. The Kier molecular flexibility index (Phi) is 1.44. The fourth-order valence-corrected chi connectivity index (χ4v) is 0.484. The molecule has 0 aliphatic heterocycles. The first-order valence-electron chi connectivity index (χ1n) is 2.42. The van der Waals surface area contributed by atoms with Crippen molar-refractivity contribution in [3.05, 3.63) is 30.1 Å². The van der Waals surface area contributed by atoms with Gasteiger partial charge < -0.3 is 0 Å². The van der Waals surface area contributed by atoms with Gasteiger partial charge in [0.15, 0.2) is 0 Å². The van der Waals surface area contributed by atoms with E-state index < -0.39 is 5.97 Å². The summed E-state index contributed by atoms with van der Waals surface area (Å²) in [6.45, 7) is 0. The normalized spacial score (nSPS) is 8.89. The van der Waals surface area contributed by atoms with Crippen LogP contribution in [0.1, 0.15) is 10.4 Å². The molecule has 45 valence electrons. The average molecular weight is 108 g/mol. The second kappa shape index (κ2) is 2.26. The number of hydrogen-bond acceptors (Lipinski definition) is 2. The van der Waals surface area contributed by atoms with Gasteiger partial charge in [0.05, 0.1) is 5.56 Å². The van der Waals surface area contributed by atoms with Crippen LogP contribution < -0.4 is 0 Å². The minimum Gasteiger partial charge on any atom is -0.264 e. The van der Waals surface area contributed by atoms with Crippen LogP contribution in [-0.2, 0) is 5.11 Å². The van der Waals surface area contributed by atoms with Crippen molar-refractivity contribution in [1.82, 2.24) is 4.98 Å². The molecular formula is C6H4NO2. The molecule has 9 heavy (non-hydrogen) atoms. The van der Waals surface area contributed by atoms with Crippen molar-refractivity contribution in [2.45, 2.75) is 0 Å². The lowest BCUT2D eigenvalue weighted by Crippen LogP contribution is -1.92. The Bertz CT molecular complexity index is 208. The molecule has 0 aromatic carbocycles. The highest BCUT2D eigenvalue weighted by Gasteiger charge is 2.00. The maximum absolute atomic E-state index is 10.0. The SMILES string of the molecule is O=C([2O])c1cccnc1. The van der Waals surface area contributed by atoms with Crippen LogP contribution in [0.4, 0.5) is 0 Å². The zero-order valence-corrected chi connectivity index (χ0v) is 4.57. The van der Waals surface area contributed by atoms with Gasteiger partial charge in [0.25, 0.3) is 0 Å². The Morgan fingerprint density at radius 1 is 1.67 bits per heavy atom. The Balaban J connectivity index is 2.98. The van der Waals surface area contributed by atoms with Gasteiger partial charge in [-0.15, -0.1) is 0 Å². The van der Waals surface area contributed by atoms with Crippen LogP contribution in [0.25, 0.3) is 0 Å². The first-order chi connectivity index (χ1) is 4.30. The van der Waals surface area contributed by atoms with Crippen molar-refractivity contribution in [2.75, 3.05) is 0 Å². The lowest BCUT2D eigenvalue weighted by atomic mass is 1.90. The van der Waals surface area contributed by atoms with E-state index in [2.05, 4.69) is 4.98 Å². The summed E-state index contributed by atoms with van der Waals surface area (Å²) in [5, 5.41) is 10.0. The molecule has 1 heterocycles. The quantitative estimate of drug-likeness (QED) is 0.530. The molecule has 0 saturated heterocycles. The molecular weight excluding hydrogens is 104 g/mol. The third kappa shape index (κ3) is 1.25. The van der Waals surface area contributed by atoms with Crippen molar-refractivity contribution in [1.29, 1.82) is 0 Å². The van der Waals surface area contributed by atoms with Gasteiger partial charge in [0.1, 0.15) is 0 Å². The second-order valence-electron chi connectivity index (χ2n) is 1.53. The zero-order chi connectivity index (χ0) is 6.69. The second-order valence-corrected chi connectivity index (χ2v) is 1.53. The molecule has 0 unspecified atom stereocenters. The van der Waals surface area contributed by atoms with Crippen LogP contribution in [0.2, 0.25) is 0 Å². The van der Waals surface area contributed by atoms with Gasteiger partial charge in [0, 0.05) is 12.4 Å². The molecule has 1 aromatic rings. The topological polar surface area (TPSA) is 49.9 Å². The Morgan fingerprint density at radius 3 is 2.78 bits per heavy atom. The van der Waals surface area contributed by atoms with E-state index in [1.807, 2.05) is 0 Å². The van der Waals surface area contributed by atoms with Gasteiger partial charge >= 0.3 is 5.97 Å². The van der Waals surface area contributed by atoms with Crippen molar-refractivity contribution in [2.24, 2.45) is 0 Å². The van der Waals surface area contributed by atoms with E-state index in [-0.39, 0.29) is 5.56 Å². The first kappa shape index (κ1) is 5.75. The van der Waals surface area contributed by atoms with Crippen molar-refractivity contribution in [3.63, 3.8) is 0 Å². The standard InChI is InChI=1S/C6H4NO2/c8-6(9)5-2-1-3-7-4-5/h1-4H/i8-14. The van der Waals surface area contributed by atoms with Gasteiger partial charge in [-0.2, -0.15) is 0 Å². The maximum Gasteiger partial charge on any atom is 0.387 e. The summed E-state index contributed by atoms with van der Waals surface area (Å²) in [6.07, 6.45) is 2.75. The van der Waals surface area contributed by atoms with Crippen LogP contribution in [0.5, 0.6) is 0 Å². The van der Waals surface area contributed by atoms with Crippen LogP contribution >= 0.6 is 0 Å². The summed E-state index contributed by atoms with van der Waals surface area (Å²) in [5.41, 5.74) is 0.109. The number of carbonyl (C=O) groups is 1. The number of nitrogens with zero attached hydrogens (tertiary/aromatic N) is 1. The molecule has 0 amide bonds. The highest BCUT2D eigenvalue weighted by Crippen LogP contribution is 1.93. The average Bonchev–Trinajstić information content (AvgIpc) is 1.90. The molecule has 0 fully saturated rings. The fourth-order valence-electron chi connectivity index (χ4n) is 0.484. The molecule has 0 spiro atoms. The number of rotatable bonds is 1. The highest BCUT2D eigenvalue weighted by molar-refractivity contribution is 5.86. The predicted molar refractivity (Wildman–Crippen MR) is 29.3 cm³/mol. The van der Waals surface area contributed by atoms with E-state index >= 15 is 0 Å². The highest BCUT2D eigenvalue weighted by atomic mass is 16.1. The van der Waals surface area contributed by atoms with Crippen LogP contribution in [0.15, 0.2) is 24.5 Å². The molecule has 3 heteroatoms. The number of carbonyl (C=O) groups excluding carboxylic acids is 1. The van der Waals surface area contributed by atoms with E-state index in [1.54, 1.807) is 6.07 Å². The summed E-state index contributed by atoms with van der Waals surface area (Å²) in [4.78, 5) is 13.6. The summed E-state index contributed by atoms with van der Waals surface area (Å²) < 4.78 is 0. The third-order valence-corrected chi connectivity index (χ3v) is 0.897. The molecule has 3 nitrogen and oxygen atoms in total. The number of hydrogen-bond donors (Lipinski definition) is 0. The lowest BCUT2D eigenvalue weighted by Gasteiger charge is -1.84. The Morgan fingerprint density at radius 2 is 2.44 bits per heavy atom. The third-order valence-electron chi connectivity index (χ3n) is 0.897. The lowest BCUT2D eigenvalue weighted by molar-refractivity contribution is 0.0572. The molecule has 0 aliphatic carbocycles. The zero-order valence-electron chi connectivity index (χ0n) is 4.57. The molecule has 0 N–H and O–H groups in total. The van der Waals surface area contributed by atoms with Crippen molar-refractivity contribution >= 4 is 5.97 Å². The molecule has 1 radical (unpaired) electrons. The maximum atomic E-state index is 10.0. The monoisotopic (exact) mass is 108 g/mol. The summed E-state index contributed by atoms with van der Waals surface area (Å²) in [6, 6.07) is 2.98. The Hall–Kier alpha value is -1.38. The summed E-state index contributed by atoms with van der Waals surface area (Å²) in [5.74, 6) is -1.19. The van der Waals surface area contributed by atoms with Crippen LogP contribution in [0, 0.1) is 0 Å². The minimum absolute atomic E-state index is 0.109. The number of aromatic nitrogens is 1. The van der Waals surface area contributed by atoms with E-state index in [9.17, 15) is 9.90 Å². The van der Waals surface area contributed by atoms with Crippen LogP contribution in [-0.4, -0.2) is 11.0 Å². The van der Waals surface area contributed by atoms with E-state index in [0.717, 1.165) is 0 Å². The smallest absolute Gasteiger partial charge is 0.264 e. The van der Waals surface area contributed by atoms with Gasteiger partial charge in [-0.1, -0.05) is 0 Å². The predicted octanol–water partition coefficient (Wildman–Crippen LogP) is 0.652. The van der Waals surface area contributed by atoms with Gasteiger partial charge in [-0.25, -0.2) is 9.90 Å². The van der Waals surface area contributed by atoms with Gasteiger partial charge in [-0.3, -0.25) is 4.98 Å². The minimum atomic E-state index is -1.19. The van der Waals surface area contributed by atoms with Gasteiger partial charge in [0.2, 0.25) is 0 Å². The molecule has 1 rings (SSSR count). The molecule has 0 bridgehead atoms. The fraction of sp³-hybridized carbons (Fsp3) is 0. The molecule has 0 saturated carbocycles. The van der Waals surface area contributed by atoms with Crippen molar-refractivity contribution in [3.8, 4) is 0 Å². The summed E-state index contributed by atoms with van der Waals surface area (Å²) >= 11 is 0. The first-order valence-corrected chi connectivity index (χ1v) is 2.42. The van der Waals surface area contributed by atoms with E-state index in [4.69, 9.17) is 0 Å². The van der Waals surface area contributed by atoms with Crippen LogP contribution in [0.3, 0.4) is 0 Å². The van der Waals surface area contributed by atoms with Crippen molar-refractivity contribution < 1.29 is 9.90 Å². The largest absolute Gasteiger partial charge is 0.387 e. The van der Waals surface area contributed by atoms with E-state index in [0.29, 0.717) is 0 Å².